The van der Waals surface area contributed by atoms with E-state index in [2.05, 4.69) is 20.8 Å². The van der Waals surface area contributed by atoms with Crippen molar-refractivity contribution in [1.29, 1.82) is 0 Å². The number of hydrogen-bond donors (Lipinski definition) is 4. The molecule has 0 aromatic carbocycles. The molecule has 3 unspecified atom stereocenters. The summed E-state index contributed by atoms with van der Waals surface area (Å²) >= 11 is 0. The molecule has 4 N–H and O–H groups in total. The molecule has 12 nitrogen and oxygen atoms in total. The Balaban J connectivity index is 1.55. The minimum absolute atomic E-state index is 0.00337. The second-order valence-electron chi connectivity index (χ2n) is 18.8. The summed E-state index contributed by atoms with van der Waals surface area (Å²) in [5.74, 6) is -3.15. The third-order valence-electron chi connectivity index (χ3n) is 14.4. The van der Waals surface area contributed by atoms with Crippen LogP contribution in [0.1, 0.15) is 133 Å². The van der Waals surface area contributed by atoms with E-state index in [0.29, 0.717) is 25.7 Å². The molecule has 0 bridgehead atoms. The Kier molecular flexibility index (Phi) is 10.7. The highest BCUT2D eigenvalue weighted by Gasteiger charge is 2.69. The monoisotopic (exact) mass is 734 g/mol. The quantitative estimate of drug-likeness (QED) is 0.138. The second-order valence-corrected chi connectivity index (χ2v) is 18.8. The topological polar surface area (TPSA) is 186 Å². The van der Waals surface area contributed by atoms with E-state index in [-0.39, 0.29) is 23.7 Å². The molecule has 0 aromatic rings. The highest BCUT2D eigenvalue weighted by Crippen LogP contribution is 2.73. The van der Waals surface area contributed by atoms with Gasteiger partial charge in [0.25, 0.3) is 0 Å². The van der Waals surface area contributed by atoms with Crippen LogP contribution in [0, 0.1) is 39.4 Å². The normalized spacial score (nSPS) is 41.1. The fourth-order valence-electron chi connectivity index (χ4n) is 12.0. The molecular formula is C40H62O12. The number of esters is 3. The minimum atomic E-state index is -1.83. The zero-order valence-electron chi connectivity index (χ0n) is 32.7. The van der Waals surface area contributed by atoms with Crippen molar-refractivity contribution in [1.82, 2.24) is 0 Å². The molecule has 2 saturated carbocycles. The molecule has 0 spiro atoms. The number of fused-ring (bicyclic) bond motifs is 4. The van der Waals surface area contributed by atoms with Gasteiger partial charge in [0.1, 0.15) is 18.3 Å². The first kappa shape index (κ1) is 40.6. The number of carboxylic acids is 1. The van der Waals surface area contributed by atoms with Crippen molar-refractivity contribution >= 4 is 23.9 Å². The number of hydrogen-bond acceptors (Lipinski definition) is 11. The number of carboxylic acid groups (broad SMARTS) is 1. The SMILES string of the molecule is CC(=O)O[C@H]1CC2=C(CCC3C(C)(C)[C@@H](OC(C)=O)[C@H](OC(=O)CC(C)(O)CC(=O)O)C[C@]23C)[C@]2(C)CC[C@H](C3CC[C@H](C(C)(C)O)O[C@H]3O)[C@@]12C. The first-order valence-corrected chi connectivity index (χ1v) is 19.0. The predicted octanol–water partition coefficient (Wildman–Crippen LogP) is 5.23. The molecule has 52 heavy (non-hydrogen) atoms. The Labute approximate surface area is 308 Å². The lowest BCUT2D eigenvalue weighted by Crippen LogP contribution is -2.63. The van der Waals surface area contributed by atoms with Crippen molar-refractivity contribution in [2.75, 3.05) is 0 Å². The molecule has 294 valence electrons. The first-order valence-electron chi connectivity index (χ1n) is 19.0. The van der Waals surface area contributed by atoms with Gasteiger partial charge in [0.05, 0.1) is 30.1 Å². The fraction of sp³-hybridized carbons (Fsp3) is 0.850. The maximum absolute atomic E-state index is 13.4. The summed E-state index contributed by atoms with van der Waals surface area (Å²) in [6.45, 7) is 18.1. The van der Waals surface area contributed by atoms with E-state index in [1.165, 1.54) is 31.9 Å². The highest BCUT2D eigenvalue weighted by atomic mass is 16.6. The Hall–Kier alpha value is -2.54. The lowest BCUT2D eigenvalue weighted by Gasteiger charge is -2.64. The van der Waals surface area contributed by atoms with Crippen LogP contribution in [0.3, 0.4) is 0 Å². The van der Waals surface area contributed by atoms with Gasteiger partial charge in [-0.2, -0.15) is 0 Å². The average molecular weight is 735 g/mol. The van der Waals surface area contributed by atoms with Crippen LogP contribution in [0.25, 0.3) is 0 Å². The van der Waals surface area contributed by atoms with E-state index >= 15 is 0 Å². The summed E-state index contributed by atoms with van der Waals surface area (Å²) in [6.07, 6.45) is 0.335. The molecule has 3 fully saturated rings. The Morgan fingerprint density at radius 3 is 2.06 bits per heavy atom. The van der Waals surface area contributed by atoms with Crippen molar-refractivity contribution in [3.63, 3.8) is 0 Å². The predicted molar refractivity (Wildman–Crippen MR) is 188 cm³/mol. The van der Waals surface area contributed by atoms with Gasteiger partial charge in [-0.25, -0.2) is 0 Å². The van der Waals surface area contributed by atoms with E-state index in [1.54, 1.807) is 13.8 Å². The molecule has 1 saturated heterocycles. The van der Waals surface area contributed by atoms with Crippen molar-refractivity contribution in [3.8, 4) is 0 Å². The van der Waals surface area contributed by atoms with Gasteiger partial charge in [0.2, 0.25) is 0 Å². The molecule has 0 amide bonds. The third-order valence-corrected chi connectivity index (χ3v) is 14.4. The fourth-order valence-corrected chi connectivity index (χ4v) is 12.0. The highest BCUT2D eigenvalue weighted by molar-refractivity contribution is 5.74. The number of rotatable bonds is 9. The van der Waals surface area contributed by atoms with Crippen LogP contribution in [0.5, 0.6) is 0 Å². The standard InChI is InChI=1S/C40H62O12/c1-21(41)49-30-17-26-25(39(9)16-15-24(40(30,39)10)23-11-14-29(36(5,6)47)52-34(23)46)12-13-28-35(3,4)33(50-22(2)42)27(18-38(26,28)8)51-32(45)20-37(7,48)19-31(43)44/h23-24,27-30,33-34,46-48H,11-20H2,1-10H3,(H,43,44)/t23?,24-,27-,28?,29-,30+,33+,34-,37?,38-,39+,40+/m1/s1. The second kappa shape index (κ2) is 13.6. The number of carbonyl (C=O) groups excluding carboxylic acids is 3. The van der Waals surface area contributed by atoms with Crippen LogP contribution in [-0.4, -0.2) is 86.2 Å². The molecule has 1 heterocycles. The number of allylic oxidation sites excluding steroid dienone is 1. The molecule has 12 heteroatoms. The van der Waals surface area contributed by atoms with Crippen LogP contribution in [0.4, 0.5) is 0 Å². The van der Waals surface area contributed by atoms with E-state index in [0.717, 1.165) is 25.7 Å². The lowest BCUT2D eigenvalue weighted by atomic mass is 9.42. The molecule has 0 aromatic heterocycles. The van der Waals surface area contributed by atoms with Crippen molar-refractivity contribution < 1.29 is 58.6 Å². The minimum Gasteiger partial charge on any atom is -0.481 e. The lowest BCUT2D eigenvalue weighted by molar-refractivity contribution is -0.252. The zero-order chi connectivity index (χ0) is 39.0. The average Bonchev–Trinajstić information content (AvgIpc) is 3.25. The maximum Gasteiger partial charge on any atom is 0.309 e. The molecule has 5 rings (SSSR count). The van der Waals surface area contributed by atoms with Crippen LogP contribution >= 0.6 is 0 Å². The molecule has 5 aliphatic rings. The summed E-state index contributed by atoms with van der Waals surface area (Å²) in [4.78, 5) is 50.1. The summed E-state index contributed by atoms with van der Waals surface area (Å²) in [7, 11) is 0. The number of aliphatic hydroxyl groups excluding tert-OH is 1. The van der Waals surface area contributed by atoms with Crippen LogP contribution in [0.2, 0.25) is 0 Å². The van der Waals surface area contributed by atoms with Crippen LogP contribution in [0.15, 0.2) is 11.1 Å². The van der Waals surface area contributed by atoms with Crippen molar-refractivity contribution in [3.05, 3.63) is 11.1 Å². The Morgan fingerprint density at radius 1 is 0.865 bits per heavy atom. The number of carbonyl (C=O) groups is 4. The van der Waals surface area contributed by atoms with Crippen LogP contribution in [-0.2, 0) is 38.1 Å². The molecular weight excluding hydrogens is 672 g/mol. The maximum atomic E-state index is 13.4. The van der Waals surface area contributed by atoms with Gasteiger partial charge in [-0.1, -0.05) is 45.8 Å². The van der Waals surface area contributed by atoms with Gasteiger partial charge in [0.15, 0.2) is 6.29 Å². The number of ether oxygens (including phenoxy) is 4. The van der Waals surface area contributed by atoms with E-state index < -0.39 is 94.3 Å². The summed E-state index contributed by atoms with van der Waals surface area (Å²) < 4.78 is 24.4. The molecule has 0 radical (unpaired) electrons. The Bertz CT molecular complexity index is 1470. The van der Waals surface area contributed by atoms with Crippen molar-refractivity contribution in [2.45, 2.75) is 175 Å². The van der Waals surface area contributed by atoms with Gasteiger partial charge in [-0.05, 0) is 88.4 Å². The van der Waals surface area contributed by atoms with Gasteiger partial charge in [-0.15, -0.1) is 0 Å². The summed E-state index contributed by atoms with van der Waals surface area (Å²) in [5, 5.41) is 42.0. The van der Waals surface area contributed by atoms with Gasteiger partial charge in [-0.3, -0.25) is 19.2 Å². The molecule has 1 aliphatic heterocycles. The number of aliphatic carboxylic acids is 1. The molecule has 12 atom stereocenters. The first-order chi connectivity index (χ1) is 23.8. The van der Waals surface area contributed by atoms with E-state index in [1.807, 2.05) is 13.8 Å². The van der Waals surface area contributed by atoms with Crippen LogP contribution < -0.4 is 0 Å². The van der Waals surface area contributed by atoms with Gasteiger partial charge in [0, 0.05) is 37.0 Å². The summed E-state index contributed by atoms with van der Waals surface area (Å²) in [6, 6.07) is 0. The zero-order valence-corrected chi connectivity index (χ0v) is 32.7. The summed E-state index contributed by atoms with van der Waals surface area (Å²) in [5.41, 5.74) is -2.60. The largest absolute Gasteiger partial charge is 0.481 e. The van der Waals surface area contributed by atoms with E-state index in [9.17, 15) is 39.6 Å². The van der Waals surface area contributed by atoms with Gasteiger partial charge >= 0.3 is 23.9 Å². The van der Waals surface area contributed by atoms with Gasteiger partial charge < -0.3 is 39.4 Å². The molecule has 4 aliphatic carbocycles. The number of aliphatic hydroxyl groups is 3. The third kappa shape index (κ3) is 6.94. The Morgan fingerprint density at radius 2 is 1.50 bits per heavy atom. The van der Waals surface area contributed by atoms with Crippen molar-refractivity contribution in [2.24, 2.45) is 39.4 Å². The smallest absolute Gasteiger partial charge is 0.309 e. The van der Waals surface area contributed by atoms with E-state index in [4.69, 9.17) is 18.9 Å².